The van der Waals surface area contributed by atoms with Crippen LogP contribution in [-0.4, -0.2) is 35.7 Å². The van der Waals surface area contributed by atoms with Crippen molar-refractivity contribution in [1.82, 2.24) is 0 Å². The molecule has 33 heavy (non-hydrogen) atoms. The summed E-state index contributed by atoms with van der Waals surface area (Å²) >= 11 is 0. The Morgan fingerprint density at radius 3 is 2.73 bits per heavy atom. The maximum absolute atomic E-state index is 11.6. The second-order valence-corrected chi connectivity index (χ2v) is 10.1. The molecular weight excluding hydrogens is 420 g/mol. The van der Waals surface area contributed by atoms with Crippen LogP contribution in [0.4, 0.5) is 0 Å². The number of hydrogen-bond donors (Lipinski definition) is 1. The molecule has 2 heterocycles. The van der Waals surface area contributed by atoms with Crippen molar-refractivity contribution < 1.29 is 28.9 Å². The molecule has 0 amide bonds. The minimum atomic E-state index is -1.08. The molecular formula is C27H38O6. The van der Waals surface area contributed by atoms with Crippen LogP contribution in [0.3, 0.4) is 0 Å². The van der Waals surface area contributed by atoms with E-state index in [1.54, 1.807) is 11.1 Å². The first kappa shape index (κ1) is 25.4. The summed E-state index contributed by atoms with van der Waals surface area (Å²) in [6.07, 6.45) is 10.8. The lowest BCUT2D eigenvalue weighted by atomic mass is 9.71. The highest BCUT2D eigenvalue weighted by Gasteiger charge is 2.37. The maximum atomic E-state index is 11.6. The number of aliphatic hydroxyl groups is 1. The Balaban J connectivity index is 1.51. The largest absolute Gasteiger partial charge is 0.421 e. The third kappa shape index (κ3) is 6.67. The van der Waals surface area contributed by atoms with Crippen molar-refractivity contribution in [2.24, 2.45) is 5.41 Å². The van der Waals surface area contributed by atoms with Gasteiger partial charge in [0.2, 0.25) is 0 Å². The highest BCUT2D eigenvalue weighted by Crippen LogP contribution is 2.42. The Morgan fingerprint density at radius 2 is 2.06 bits per heavy atom. The minimum Gasteiger partial charge on any atom is -0.421 e. The molecule has 3 rings (SSSR count). The van der Waals surface area contributed by atoms with Crippen molar-refractivity contribution in [3.63, 3.8) is 0 Å². The lowest BCUT2D eigenvalue weighted by Crippen LogP contribution is -2.33. The zero-order chi connectivity index (χ0) is 24.2. The van der Waals surface area contributed by atoms with Crippen molar-refractivity contribution in [3.8, 4) is 0 Å². The van der Waals surface area contributed by atoms with Crippen molar-refractivity contribution in [2.45, 2.75) is 105 Å². The second-order valence-electron chi connectivity index (χ2n) is 10.1. The first-order valence-corrected chi connectivity index (χ1v) is 12.0. The molecule has 3 aliphatic rings. The molecule has 0 bridgehead atoms. The first-order chi connectivity index (χ1) is 15.6. The molecule has 2 aliphatic heterocycles. The van der Waals surface area contributed by atoms with E-state index in [1.807, 2.05) is 6.08 Å². The number of ether oxygens (including phenoxy) is 3. The first-order valence-electron chi connectivity index (χ1n) is 12.0. The number of allylic oxidation sites excluding steroid dienone is 4. The van der Waals surface area contributed by atoms with Gasteiger partial charge in [-0.05, 0) is 76.2 Å². The molecule has 0 radical (unpaired) electrons. The molecule has 0 aromatic heterocycles. The van der Waals surface area contributed by atoms with Gasteiger partial charge >= 0.3 is 11.9 Å². The quantitative estimate of drug-likeness (QED) is 0.386. The number of cyclic esters (lactones) is 1. The van der Waals surface area contributed by atoms with Crippen molar-refractivity contribution in [2.75, 3.05) is 0 Å². The summed E-state index contributed by atoms with van der Waals surface area (Å²) in [5.41, 5.74) is 6.14. The smallest absolute Gasteiger partial charge is 0.334 e. The zero-order valence-corrected chi connectivity index (χ0v) is 20.6. The van der Waals surface area contributed by atoms with Gasteiger partial charge in [-0.2, -0.15) is 0 Å². The fourth-order valence-corrected chi connectivity index (χ4v) is 5.13. The van der Waals surface area contributed by atoms with E-state index in [4.69, 9.17) is 14.2 Å². The van der Waals surface area contributed by atoms with E-state index in [-0.39, 0.29) is 0 Å². The summed E-state index contributed by atoms with van der Waals surface area (Å²) in [5.74, 6) is -1.12. The number of carbonyl (C=O) groups is 2. The van der Waals surface area contributed by atoms with Gasteiger partial charge < -0.3 is 19.3 Å². The SMILES string of the molecule is CC(=O)O[C@H]1OC(=O)C=C1[C@H]1CC=C(CC/C=C(\C)CCC2=C(C)CCCC2(C)C)[C@H](O)O1. The van der Waals surface area contributed by atoms with Crippen LogP contribution in [0.15, 0.2) is 46.1 Å². The fourth-order valence-electron chi connectivity index (χ4n) is 5.13. The summed E-state index contributed by atoms with van der Waals surface area (Å²) in [4.78, 5) is 22.9. The molecule has 1 aliphatic carbocycles. The number of esters is 2. The van der Waals surface area contributed by atoms with E-state index in [9.17, 15) is 14.7 Å². The van der Waals surface area contributed by atoms with E-state index in [0.29, 0.717) is 23.8 Å². The number of rotatable bonds is 8. The maximum Gasteiger partial charge on any atom is 0.334 e. The van der Waals surface area contributed by atoms with Crippen LogP contribution < -0.4 is 0 Å². The van der Waals surface area contributed by atoms with Gasteiger partial charge in [-0.3, -0.25) is 4.79 Å². The van der Waals surface area contributed by atoms with Gasteiger partial charge in [0.1, 0.15) is 0 Å². The molecule has 6 heteroatoms. The summed E-state index contributed by atoms with van der Waals surface area (Å²) in [6, 6.07) is 0. The average Bonchev–Trinajstić information content (AvgIpc) is 3.07. The molecule has 1 N–H and O–H groups in total. The Hall–Kier alpha value is -2.18. The molecule has 182 valence electrons. The van der Waals surface area contributed by atoms with Crippen LogP contribution in [0.5, 0.6) is 0 Å². The topological polar surface area (TPSA) is 82.1 Å². The van der Waals surface area contributed by atoms with E-state index in [1.165, 1.54) is 37.8 Å². The number of hydrogen-bond acceptors (Lipinski definition) is 6. The van der Waals surface area contributed by atoms with Crippen LogP contribution in [0.25, 0.3) is 0 Å². The van der Waals surface area contributed by atoms with Gasteiger partial charge in [-0.25, -0.2) is 4.79 Å². The van der Waals surface area contributed by atoms with Crippen LogP contribution in [0, 0.1) is 5.41 Å². The molecule has 0 spiro atoms. The standard InChI is InChI=1S/C27H38O6/c1-17(11-13-22-18(2)9-7-15-27(22,4)5)8-6-10-20-12-14-23(32-25(20)30)21-16-24(29)33-26(21)31-19(3)28/h8,12,16,23,25-26,30H,6-7,9-11,13-15H2,1-5H3/b17-8+/t23-,25-,26+/m1/s1. The van der Waals surface area contributed by atoms with E-state index in [0.717, 1.165) is 24.8 Å². The van der Waals surface area contributed by atoms with Gasteiger partial charge in [-0.15, -0.1) is 0 Å². The van der Waals surface area contributed by atoms with Crippen molar-refractivity contribution in [3.05, 3.63) is 46.1 Å². The van der Waals surface area contributed by atoms with Gasteiger partial charge in [-0.1, -0.05) is 42.7 Å². The van der Waals surface area contributed by atoms with E-state index >= 15 is 0 Å². The highest BCUT2D eigenvalue weighted by molar-refractivity contribution is 5.86. The molecule has 0 unspecified atom stereocenters. The summed E-state index contributed by atoms with van der Waals surface area (Å²) in [7, 11) is 0. The van der Waals surface area contributed by atoms with E-state index < -0.39 is 30.6 Å². The average molecular weight is 459 g/mol. The second kappa shape index (κ2) is 10.8. The molecule has 0 fully saturated rings. The van der Waals surface area contributed by atoms with Crippen LogP contribution in [0.1, 0.15) is 86.0 Å². The third-order valence-electron chi connectivity index (χ3n) is 7.01. The van der Waals surface area contributed by atoms with Crippen LogP contribution >= 0.6 is 0 Å². The summed E-state index contributed by atoms with van der Waals surface area (Å²) in [5, 5.41) is 10.5. The van der Waals surface area contributed by atoms with Crippen LogP contribution in [-0.2, 0) is 23.8 Å². The molecule has 0 aromatic carbocycles. The lowest BCUT2D eigenvalue weighted by molar-refractivity contribution is -0.176. The fraction of sp³-hybridized carbons (Fsp3) is 0.630. The molecule has 0 aromatic rings. The highest BCUT2D eigenvalue weighted by atomic mass is 16.7. The van der Waals surface area contributed by atoms with Crippen LogP contribution in [0.2, 0.25) is 0 Å². The van der Waals surface area contributed by atoms with E-state index in [2.05, 4.69) is 33.8 Å². The predicted molar refractivity (Wildman–Crippen MR) is 126 cm³/mol. The summed E-state index contributed by atoms with van der Waals surface area (Å²) < 4.78 is 15.8. The Labute approximate surface area is 197 Å². The molecule has 0 saturated carbocycles. The number of aliphatic hydroxyl groups excluding tert-OH is 1. The lowest BCUT2D eigenvalue weighted by Gasteiger charge is -2.35. The molecule has 6 nitrogen and oxygen atoms in total. The third-order valence-corrected chi connectivity index (χ3v) is 7.01. The zero-order valence-electron chi connectivity index (χ0n) is 20.6. The predicted octanol–water partition coefficient (Wildman–Crippen LogP) is 5.43. The Bertz CT molecular complexity index is 888. The Morgan fingerprint density at radius 1 is 1.30 bits per heavy atom. The van der Waals surface area contributed by atoms with Crippen molar-refractivity contribution >= 4 is 11.9 Å². The molecule has 3 atom stereocenters. The molecule has 0 saturated heterocycles. The van der Waals surface area contributed by atoms with Crippen molar-refractivity contribution in [1.29, 1.82) is 0 Å². The van der Waals surface area contributed by atoms with Gasteiger partial charge in [0.25, 0.3) is 6.29 Å². The number of carbonyl (C=O) groups excluding carboxylic acids is 2. The van der Waals surface area contributed by atoms with Gasteiger partial charge in [0.05, 0.1) is 6.10 Å². The van der Waals surface area contributed by atoms with Gasteiger partial charge in [0.15, 0.2) is 6.29 Å². The minimum absolute atomic E-state index is 0.312. The van der Waals surface area contributed by atoms with Gasteiger partial charge in [0, 0.05) is 18.6 Å². The Kier molecular flexibility index (Phi) is 8.35. The monoisotopic (exact) mass is 458 g/mol. The summed E-state index contributed by atoms with van der Waals surface area (Å²) in [6.45, 7) is 10.5. The normalized spacial score (nSPS) is 27.8.